The van der Waals surface area contributed by atoms with Gasteiger partial charge in [-0.3, -0.25) is 4.79 Å². The van der Waals surface area contributed by atoms with E-state index in [4.69, 9.17) is 4.74 Å². The Morgan fingerprint density at radius 1 is 1.44 bits per heavy atom. The third kappa shape index (κ3) is 1.99. The number of aryl methyl sites for hydroxylation is 1. The molecular weight excluding hydrogens is 264 g/mol. The molecule has 94 valence electrons. The van der Waals surface area contributed by atoms with Gasteiger partial charge in [-0.25, -0.2) is 0 Å². The molecule has 4 heteroatoms. The van der Waals surface area contributed by atoms with Crippen LogP contribution < -0.4 is 4.74 Å². The molecule has 2 heterocycles. The fraction of sp³-hybridized carbons (Fsp3) is 0.357. The quantitative estimate of drug-likeness (QED) is 0.789. The van der Waals surface area contributed by atoms with Gasteiger partial charge in [-0.1, -0.05) is 0 Å². The second-order valence-corrected chi connectivity index (χ2v) is 6.37. The van der Waals surface area contributed by atoms with Gasteiger partial charge in [0.1, 0.15) is 5.75 Å². The zero-order valence-corrected chi connectivity index (χ0v) is 11.8. The van der Waals surface area contributed by atoms with Gasteiger partial charge in [0, 0.05) is 22.2 Å². The topological polar surface area (TPSA) is 26.3 Å². The molecule has 0 bridgehead atoms. The first-order valence-electron chi connectivity index (χ1n) is 6.02. The molecule has 3 rings (SSSR count). The Labute approximate surface area is 114 Å². The zero-order chi connectivity index (χ0) is 12.5. The lowest BCUT2D eigenvalue weighted by molar-refractivity contribution is 0.0955. The van der Waals surface area contributed by atoms with Crippen LogP contribution in [-0.4, -0.2) is 12.9 Å². The minimum absolute atomic E-state index is 0.0587. The summed E-state index contributed by atoms with van der Waals surface area (Å²) in [5.74, 6) is 1.09. The summed E-state index contributed by atoms with van der Waals surface area (Å²) in [6.45, 7) is 0. The van der Waals surface area contributed by atoms with Crippen molar-refractivity contribution in [1.82, 2.24) is 0 Å². The number of thiophene rings is 2. The lowest BCUT2D eigenvalue weighted by atomic mass is 9.84. The van der Waals surface area contributed by atoms with E-state index in [1.54, 1.807) is 18.4 Å². The first kappa shape index (κ1) is 11.9. The molecular formula is C14H14O2S2. The summed E-state index contributed by atoms with van der Waals surface area (Å²) >= 11 is 3.26. The van der Waals surface area contributed by atoms with Crippen molar-refractivity contribution in [3.8, 4) is 5.75 Å². The standard InChI is InChI=1S/C14H14O2S2/c1-16-9-7-13(18-8-9)14(15)11-3-2-4-12-10(11)5-6-17-12/h5-8,11H,2-4H2,1H3. The lowest BCUT2D eigenvalue weighted by Gasteiger charge is -2.20. The maximum Gasteiger partial charge on any atom is 0.180 e. The molecule has 2 nitrogen and oxygen atoms in total. The SMILES string of the molecule is COc1csc(C(=O)C2CCCc3sccc32)c1. The number of rotatable bonds is 3. The molecule has 0 radical (unpaired) electrons. The summed E-state index contributed by atoms with van der Waals surface area (Å²) < 4.78 is 5.15. The summed E-state index contributed by atoms with van der Waals surface area (Å²) in [6.07, 6.45) is 3.22. The van der Waals surface area contributed by atoms with Crippen LogP contribution >= 0.6 is 22.7 Å². The van der Waals surface area contributed by atoms with Gasteiger partial charge in [-0.05, 0) is 36.3 Å². The van der Waals surface area contributed by atoms with Crippen LogP contribution in [0.1, 0.15) is 38.9 Å². The normalized spacial score (nSPS) is 18.4. The van der Waals surface area contributed by atoms with Crippen molar-refractivity contribution < 1.29 is 9.53 Å². The Morgan fingerprint density at radius 2 is 2.33 bits per heavy atom. The summed E-state index contributed by atoms with van der Waals surface area (Å²) in [5, 5.41) is 4.00. The van der Waals surface area contributed by atoms with E-state index in [0.717, 1.165) is 29.9 Å². The van der Waals surface area contributed by atoms with Crippen LogP contribution in [0, 0.1) is 0 Å². The molecule has 1 aliphatic rings. The van der Waals surface area contributed by atoms with Crippen molar-refractivity contribution in [2.45, 2.75) is 25.2 Å². The molecule has 0 spiro atoms. The van der Waals surface area contributed by atoms with Gasteiger partial charge in [0.25, 0.3) is 0 Å². The Kier molecular flexibility index (Phi) is 3.22. The minimum atomic E-state index is 0.0587. The summed E-state index contributed by atoms with van der Waals surface area (Å²) in [4.78, 5) is 14.8. The number of carbonyl (C=O) groups excluding carboxylic acids is 1. The highest BCUT2D eigenvalue weighted by atomic mass is 32.1. The fourth-order valence-corrected chi connectivity index (χ4v) is 4.32. The van der Waals surface area contributed by atoms with E-state index in [0.29, 0.717) is 0 Å². The van der Waals surface area contributed by atoms with Crippen LogP contribution in [0.15, 0.2) is 22.9 Å². The average Bonchev–Trinajstić information content (AvgIpc) is 3.05. The highest BCUT2D eigenvalue weighted by Gasteiger charge is 2.28. The number of hydrogen-bond acceptors (Lipinski definition) is 4. The molecule has 18 heavy (non-hydrogen) atoms. The van der Waals surface area contributed by atoms with Gasteiger partial charge in [-0.15, -0.1) is 22.7 Å². The molecule has 0 amide bonds. The zero-order valence-electron chi connectivity index (χ0n) is 10.1. The third-order valence-corrected chi connectivity index (χ3v) is 5.34. The second kappa shape index (κ2) is 4.86. The monoisotopic (exact) mass is 278 g/mol. The highest BCUT2D eigenvalue weighted by Crippen LogP contribution is 2.38. The Morgan fingerprint density at radius 3 is 3.11 bits per heavy atom. The fourth-order valence-electron chi connectivity index (χ4n) is 2.49. The molecule has 1 unspecified atom stereocenters. The van der Waals surface area contributed by atoms with E-state index in [1.165, 1.54) is 21.8 Å². The molecule has 1 aliphatic carbocycles. The second-order valence-electron chi connectivity index (χ2n) is 4.46. The average molecular weight is 278 g/mol. The van der Waals surface area contributed by atoms with Gasteiger partial charge in [-0.2, -0.15) is 0 Å². The summed E-state index contributed by atoms with van der Waals surface area (Å²) in [7, 11) is 1.63. The lowest BCUT2D eigenvalue weighted by Crippen LogP contribution is -2.16. The van der Waals surface area contributed by atoms with Gasteiger partial charge in [0.15, 0.2) is 5.78 Å². The van der Waals surface area contributed by atoms with Crippen molar-refractivity contribution >= 4 is 28.5 Å². The van der Waals surface area contributed by atoms with Crippen molar-refractivity contribution in [2.75, 3.05) is 7.11 Å². The number of hydrogen-bond donors (Lipinski definition) is 0. The van der Waals surface area contributed by atoms with Crippen molar-refractivity contribution in [2.24, 2.45) is 0 Å². The molecule has 0 aliphatic heterocycles. The smallest absolute Gasteiger partial charge is 0.180 e. The Balaban J connectivity index is 1.90. The van der Waals surface area contributed by atoms with Gasteiger partial charge >= 0.3 is 0 Å². The molecule has 1 atom stereocenters. The molecule has 0 saturated heterocycles. The number of carbonyl (C=O) groups is 1. The number of ketones is 1. The molecule has 0 saturated carbocycles. The summed E-state index contributed by atoms with van der Waals surface area (Å²) in [6, 6.07) is 3.97. The minimum Gasteiger partial charge on any atom is -0.496 e. The van der Waals surface area contributed by atoms with Crippen LogP contribution in [0.2, 0.25) is 0 Å². The molecule has 0 aromatic carbocycles. The van der Waals surface area contributed by atoms with Crippen LogP contribution in [0.4, 0.5) is 0 Å². The van der Waals surface area contributed by atoms with E-state index in [2.05, 4.69) is 11.4 Å². The molecule has 0 fully saturated rings. The largest absolute Gasteiger partial charge is 0.496 e. The maximum absolute atomic E-state index is 12.5. The van der Waals surface area contributed by atoms with Crippen molar-refractivity contribution in [3.63, 3.8) is 0 Å². The first-order valence-corrected chi connectivity index (χ1v) is 7.78. The predicted molar refractivity (Wildman–Crippen MR) is 75.2 cm³/mol. The molecule has 2 aromatic rings. The van der Waals surface area contributed by atoms with Crippen LogP contribution in [0.5, 0.6) is 5.75 Å². The number of fused-ring (bicyclic) bond motifs is 1. The van der Waals surface area contributed by atoms with Gasteiger partial charge < -0.3 is 4.74 Å². The van der Waals surface area contributed by atoms with Gasteiger partial charge in [0.2, 0.25) is 0 Å². The Bertz CT molecular complexity index is 568. The van der Waals surface area contributed by atoms with Crippen LogP contribution in [0.25, 0.3) is 0 Å². The van der Waals surface area contributed by atoms with E-state index in [9.17, 15) is 4.79 Å². The van der Waals surface area contributed by atoms with Crippen molar-refractivity contribution in [3.05, 3.63) is 38.2 Å². The van der Waals surface area contributed by atoms with Gasteiger partial charge in [0.05, 0.1) is 12.0 Å². The number of Topliss-reactive ketones (excluding diaryl/α,β-unsaturated/α-hetero) is 1. The first-order chi connectivity index (χ1) is 8.79. The molecule has 2 aromatic heterocycles. The van der Waals surface area contributed by atoms with E-state index < -0.39 is 0 Å². The van der Waals surface area contributed by atoms with Crippen LogP contribution in [0.3, 0.4) is 0 Å². The number of ether oxygens (including phenoxy) is 1. The molecule has 0 N–H and O–H groups in total. The third-order valence-electron chi connectivity index (χ3n) is 3.42. The van der Waals surface area contributed by atoms with E-state index >= 15 is 0 Å². The van der Waals surface area contributed by atoms with Crippen molar-refractivity contribution in [1.29, 1.82) is 0 Å². The van der Waals surface area contributed by atoms with Crippen LogP contribution in [-0.2, 0) is 6.42 Å². The number of methoxy groups -OCH3 is 1. The summed E-state index contributed by atoms with van der Waals surface area (Å²) in [5.41, 5.74) is 1.25. The van der Waals surface area contributed by atoms with E-state index in [-0.39, 0.29) is 11.7 Å². The highest BCUT2D eigenvalue weighted by molar-refractivity contribution is 7.12. The predicted octanol–water partition coefficient (Wildman–Crippen LogP) is 4.12. The Hall–Kier alpha value is -1.13. The maximum atomic E-state index is 12.5. The van der Waals surface area contributed by atoms with E-state index in [1.807, 2.05) is 11.4 Å².